The van der Waals surface area contributed by atoms with E-state index in [1.807, 2.05) is 42.5 Å². The highest BCUT2D eigenvalue weighted by Crippen LogP contribution is 2.38. The third-order valence-electron chi connectivity index (χ3n) is 4.42. The lowest BCUT2D eigenvalue weighted by molar-refractivity contribution is -0.118. The van der Waals surface area contributed by atoms with Gasteiger partial charge < -0.3 is 5.32 Å². The van der Waals surface area contributed by atoms with Crippen LogP contribution in [-0.4, -0.2) is 5.91 Å². The van der Waals surface area contributed by atoms with Crippen molar-refractivity contribution in [1.82, 2.24) is 0 Å². The lowest BCUT2D eigenvalue weighted by Crippen LogP contribution is -2.26. The van der Waals surface area contributed by atoms with Gasteiger partial charge in [0.1, 0.15) is 0 Å². The number of halogens is 1. The van der Waals surface area contributed by atoms with Crippen molar-refractivity contribution in [2.24, 2.45) is 5.92 Å². The summed E-state index contributed by atoms with van der Waals surface area (Å²) in [7, 11) is 0. The Balaban J connectivity index is 1.82. The monoisotopic (exact) mass is 357 g/mol. The smallest absolute Gasteiger partial charge is 0.232 e. The summed E-state index contributed by atoms with van der Waals surface area (Å²) in [6.45, 7) is 0. The maximum atomic E-state index is 12.9. The largest absolute Gasteiger partial charge is 0.326 e. The highest BCUT2D eigenvalue weighted by Gasteiger charge is 2.31. The molecular formula is C19H20BrNO. The van der Waals surface area contributed by atoms with E-state index in [0.29, 0.717) is 5.92 Å². The molecule has 1 saturated carbocycles. The number of carbonyl (C=O) groups excluding carboxylic acids is 1. The van der Waals surface area contributed by atoms with Crippen molar-refractivity contribution in [2.45, 2.75) is 31.6 Å². The van der Waals surface area contributed by atoms with E-state index in [4.69, 9.17) is 0 Å². The van der Waals surface area contributed by atoms with Gasteiger partial charge in [0.15, 0.2) is 0 Å². The molecule has 0 aromatic heterocycles. The summed E-state index contributed by atoms with van der Waals surface area (Å²) < 4.78 is 1.01. The molecule has 2 nitrogen and oxygen atoms in total. The van der Waals surface area contributed by atoms with E-state index in [0.717, 1.165) is 28.6 Å². The summed E-state index contributed by atoms with van der Waals surface area (Å²) in [5.41, 5.74) is 1.98. The maximum absolute atomic E-state index is 12.9. The van der Waals surface area contributed by atoms with Crippen LogP contribution >= 0.6 is 15.9 Å². The molecule has 3 rings (SSSR count). The van der Waals surface area contributed by atoms with Gasteiger partial charge in [0.2, 0.25) is 5.91 Å². The van der Waals surface area contributed by atoms with Crippen molar-refractivity contribution < 1.29 is 4.79 Å². The second kappa shape index (κ2) is 7.10. The molecular weight excluding hydrogens is 338 g/mol. The Hall–Kier alpha value is -1.61. The third kappa shape index (κ3) is 3.58. The molecule has 1 aliphatic carbocycles. The minimum absolute atomic E-state index is 0.0488. The first-order chi connectivity index (χ1) is 10.7. The van der Waals surface area contributed by atoms with Crippen molar-refractivity contribution in [1.29, 1.82) is 0 Å². The number of benzene rings is 2. The molecule has 1 fully saturated rings. The van der Waals surface area contributed by atoms with E-state index in [-0.39, 0.29) is 11.8 Å². The molecule has 0 spiro atoms. The quantitative estimate of drug-likeness (QED) is 0.783. The molecule has 22 heavy (non-hydrogen) atoms. The molecule has 0 unspecified atom stereocenters. The molecule has 1 aliphatic rings. The minimum atomic E-state index is -0.0488. The van der Waals surface area contributed by atoms with Gasteiger partial charge in [0.25, 0.3) is 0 Å². The molecule has 1 atom stereocenters. The number of amides is 1. The van der Waals surface area contributed by atoms with E-state index in [1.165, 1.54) is 12.8 Å². The summed E-state index contributed by atoms with van der Waals surface area (Å²) in [5.74, 6) is 0.519. The van der Waals surface area contributed by atoms with Gasteiger partial charge in [-0.05, 0) is 48.6 Å². The van der Waals surface area contributed by atoms with Crippen LogP contribution in [-0.2, 0) is 4.79 Å². The van der Waals surface area contributed by atoms with Gasteiger partial charge in [0.05, 0.1) is 5.92 Å². The molecule has 2 aromatic rings. The topological polar surface area (TPSA) is 29.1 Å². The zero-order valence-electron chi connectivity index (χ0n) is 12.5. The molecule has 2 aromatic carbocycles. The highest BCUT2D eigenvalue weighted by atomic mass is 79.9. The van der Waals surface area contributed by atoms with Crippen LogP contribution in [0.5, 0.6) is 0 Å². The van der Waals surface area contributed by atoms with Crippen molar-refractivity contribution in [3.63, 3.8) is 0 Å². The Morgan fingerprint density at radius 3 is 2.27 bits per heavy atom. The fourth-order valence-electron chi connectivity index (χ4n) is 3.34. The van der Waals surface area contributed by atoms with Gasteiger partial charge in [-0.1, -0.05) is 59.1 Å². The van der Waals surface area contributed by atoms with Crippen LogP contribution in [0.3, 0.4) is 0 Å². The Labute approximate surface area is 140 Å². The molecule has 0 heterocycles. The first kappa shape index (κ1) is 15.3. The normalized spacial score (nSPS) is 16.4. The highest BCUT2D eigenvalue weighted by molar-refractivity contribution is 9.10. The molecule has 0 bridgehead atoms. The van der Waals surface area contributed by atoms with Gasteiger partial charge in [-0.2, -0.15) is 0 Å². The standard InChI is InChI=1S/C19H20BrNO/c20-16-10-12-17(13-11-16)21-19(22)18(15-8-4-5-9-15)14-6-2-1-3-7-14/h1-3,6-7,10-13,15,18H,4-5,8-9H2,(H,21,22)/t18-/m0/s1. The van der Waals surface area contributed by atoms with E-state index in [1.54, 1.807) is 0 Å². The number of rotatable bonds is 4. The van der Waals surface area contributed by atoms with E-state index in [2.05, 4.69) is 33.4 Å². The van der Waals surface area contributed by atoms with Gasteiger partial charge in [-0.15, -0.1) is 0 Å². The lowest BCUT2D eigenvalue weighted by atomic mass is 9.84. The van der Waals surface area contributed by atoms with Crippen LogP contribution in [0.1, 0.15) is 37.2 Å². The predicted molar refractivity (Wildman–Crippen MR) is 93.9 cm³/mol. The fourth-order valence-corrected chi connectivity index (χ4v) is 3.61. The Kier molecular flexibility index (Phi) is 4.94. The average Bonchev–Trinajstić information content (AvgIpc) is 3.05. The van der Waals surface area contributed by atoms with Crippen LogP contribution < -0.4 is 5.32 Å². The second-order valence-corrected chi connectivity index (χ2v) is 6.84. The molecule has 0 aliphatic heterocycles. The average molecular weight is 358 g/mol. The van der Waals surface area contributed by atoms with Gasteiger partial charge in [-0.3, -0.25) is 4.79 Å². The van der Waals surface area contributed by atoms with E-state index in [9.17, 15) is 4.79 Å². The SMILES string of the molecule is O=C(Nc1ccc(Br)cc1)[C@@H](c1ccccc1)C1CCCC1. The lowest BCUT2D eigenvalue weighted by Gasteiger charge is -2.23. The maximum Gasteiger partial charge on any atom is 0.232 e. The molecule has 0 saturated heterocycles. The summed E-state index contributed by atoms with van der Waals surface area (Å²) in [5, 5.41) is 3.08. The van der Waals surface area contributed by atoms with Crippen LogP contribution in [0.25, 0.3) is 0 Å². The summed E-state index contributed by atoms with van der Waals surface area (Å²) >= 11 is 3.42. The summed E-state index contributed by atoms with van der Waals surface area (Å²) in [6.07, 6.45) is 4.76. The van der Waals surface area contributed by atoms with Crippen molar-refractivity contribution in [2.75, 3.05) is 5.32 Å². The van der Waals surface area contributed by atoms with Gasteiger partial charge in [-0.25, -0.2) is 0 Å². The van der Waals surface area contributed by atoms with Gasteiger partial charge in [0, 0.05) is 10.2 Å². The van der Waals surface area contributed by atoms with Crippen LogP contribution in [0.2, 0.25) is 0 Å². The molecule has 1 N–H and O–H groups in total. The Morgan fingerprint density at radius 1 is 1.00 bits per heavy atom. The van der Waals surface area contributed by atoms with Crippen molar-refractivity contribution in [3.05, 3.63) is 64.6 Å². The van der Waals surface area contributed by atoms with Crippen LogP contribution in [0.4, 0.5) is 5.69 Å². The first-order valence-electron chi connectivity index (χ1n) is 7.85. The summed E-state index contributed by atoms with van der Waals surface area (Å²) in [4.78, 5) is 12.9. The van der Waals surface area contributed by atoms with E-state index >= 15 is 0 Å². The number of hydrogen-bond acceptors (Lipinski definition) is 1. The molecule has 0 radical (unpaired) electrons. The molecule has 3 heteroatoms. The van der Waals surface area contributed by atoms with E-state index < -0.39 is 0 Å². The number of anilines is 1. The van der Waals surface area contributed by atoms with Crippen molar-refractivity contribution in [3.8, 4) is 0 Å². The van der Waals surface area contributed by atoms with Crippen LogP contribution in [0.15, 0.2) is 59.1 Å². The number of hydrogen-bond donors (Lipinski definition) is 1. The zero-order chi connectivity index (χ0) is 15.4. The number of nitrogens with one attached hydrogen (secondary N) is 1. The Morgan fingerprint density at radius 2 is 1.64 bits per heavy atom. The summed E-state index contributed by atoms with van der Waals surface area (Å²) in [6, 6.07) is 17.9. The second-order valence-electron chi connectivity index (χ2n) is 5.93. The third-order valence-corrected chi connectivity index (χ3v) is 4.95. The Bertz CT molecular complexity index is 618. The molecule has 1 amide bonds. The molecule has 114 valence electrons. The first-order valence-corrected chi connectivity index (χ1v) is 8.65. The van der Waals surface area contributed by atoms with Crippen LogP contribution in [0, 0.1) is 5.92 Å². The van der Waals surface area contributed by atoms with Crippen molar-refractivity contribution >= 4 is 27.5 Å². The minimum Gasteiger partial charge on any atom is -0.326 e. The predicted octanol–water partition coefficient (Wildman–Crippen LogP) is 5.36. The zero-order valence-corrected chi connectivity index (χ0v) is 14.1. The number of carbonyl (C=O) groups is 1. The van der Waals surface area contributed by atoms with Gasteiger partial charge >= 0.3 is 0 Å². The fraction of sp³-hybridized carbons (Fsp3) is 0.316.